The van der Waals surface area contributed by atoms with Crippen LogP contribution in [0.4, 0.5) is 0 Å². The quantitative estimate of drug-likeness (QED) is 0.680. The van der Waals surface area contributed by atoms with Crippen LogP contribution in [0.3, 0.4) is 0 Å². The Labute approximate surface area is 110 Å². The lowest BCUT2D eigenvalue weighted by Crippen LogP contribution is -2.36. The molecule has 0 aromatic carbocycles. The summed E-state index contributed by atoms with van der Waals surface area (Å²) < 4.78 is 5.52. The number of ether oxygens (including phenoxy) is 1. The van der Waals surface area contributed by atoms with Crippen molar-refractivity contribution in [3.05, 3.63) is 23.0 Å². The summed E-state index contributed by atoms with van der Waals surface area (Å²) in [5, 5.41) is 0. The molecule has 3 nitrogen and oxygen atoms in total. The van der Waals surface area contributed by atoms with Crippen molar-refractivity contribution in [3.63, 3.8) is 0 Å². The van der Waals surface area contributed by atoms with Gasteiger partial charge in [-0.2, -0.15) is 0 Å². The fraction of sp³-hybridized carbons (Fsp3) is 0.643. The lowest BCUT2D eigenvalue weighted by molar-refractivity contribution is -0.124. The van der Waals surface area contributed by atoms with Gasteiger partial charge in [-0.1, -0.05) is 19.6 Å². The molecule has 98 valence electrons. The van der Waals surface area contributed by atoms with Crippen LogP contribution in [0.1, 0.15) is 6.42 Å². The van der Waals surface area contributed by atoms with Gasteiger partial charge in [0, 0.05) is 25.1 Å². The highest BCUT2D eigenvalue weighted by Crippen LogP contribution is 2.50. The second-order valence-corrected chi connectivity index (χ2v) is 12.2. The molecule has 2 unspecified atom stereocenters. The van der Waals surface area contributed by atoms with Gasteiger partial charge < -0.3 is 9.64 Å². The molecule has 3 aliphatic rings. The zero-order chi connectivity index (χ0) is 13.1. The minimum absolute atomic E-state index is 0.253. The monoisotopic (exact) mass is 263 g/mol. The van der Waals surface area contributed by atoms with Gasteiger partial charge in [0.05, 0.1) is 20.9 Å². The Morgan fingerprint density at radius 3 is 2.78 bits per heavy atom. The molecule has 3 rings (SSSR count). The van der Waals surface area contributed by atoms with E-state index >= 15 is 0 Å². The maximum Gasteiger partial charge on any atom is 0.250 e. The van der Waals surface area contributed by atoms with Crippen LogP contribution in [-0.4, -0.2) is 39.1 Å². The molecule has 0 spiro atoms. The van der Waals surface area contributed by atoms with Crippen LogP contribution in [0.5, 0.6) is 0 Å². The average molecular weight is 263 g/mol. The van der Waals surface area contributed by atoms with Gasteiger partial charge in [-0.25, -0.2) is 0 Å². The second kappa shape index (κ2) is 3.73. The minimum atomic E-state index is -1.36. The molecule has 18 heavy (non-hydrogen) atoms. The molecule has 0 aromatic heterocycles. The smallest absolute Gasteiger partial charge is 0.250 e. The molecule has 0 bridgehead atoms. The largest absolute Gasteiger partial charge is 0.500 e. The van der Waals surface area contributed by atoms with Gasteiger partial charge in [0.25, 0.3) is 0 Å². The molecular formula is C14H21NO2Si. The first-order valence-electron chi connectivity index (χ1n) is 6.70. The summed E-state index contributed by atoms with van der Waals surface area (Å²) in [4.78, 5) is 14.3. The SMILES string of the molecule is CN1CC2=C(C1=O)C([Si](C)(C)C)CC1COC=C21. The maximum absolute atomic E-state index is 12.4. The number of hydrogen-bond acceptors (Lipinski definition) is 2. The second-order valence-electron chi connectivity index (χ2n) is 6.81. The van der Waals surface area contributed by atoms with Gasteiger partial charge in [0.15, 0.2) is 0 Å². The predicted molar refractivity (Wildman–Crippen MR) is 73.9 cm³/mol. The summed E-state index contributed by atoms with van der Waals surface area (Å²) in [5.74, 6) is 0.781. The van der Waals surface area contributed by atoms with Crippen LogP contribution in [0.25, 0.3) is 0 Å². The van der Waals surface area contributed by atoms with Crippen LogP contribution in [0.15, 0.2) is 23.0 Å². The van der Waals surface area contributed by atoms with Crippen LogP contribution < -0.4 is 0 Å². The van der Waals surface area contributed by atoms with Crippen LogP contribution in [0.2, 0.25) is 25.2 Å². The standard InChI is InChI=1S/C14H21NO2Si/c1-15-6-10-11-8-17-7-9(11)5-12(18(2,3)4)13(10)14(15)16/h8-9,12H,5-7H2,1-4H3. The first-order valence-corrected chi connectivity index (χ1v) is 10.3. The number of nitrogens with zero attached hydrogens (tertiary/aromatic N) is 1. The number of likely N-dealkylation sites (N-methyl/N-ethyl adjacent to an activating group) is 1. The highest BCUT2D eigenvalue weighted by Gasteiger charge is 2.47. The van der Waals surface area contributed by atoms with E-state index in [1.165, 1.54) is 11.1 Å². The summed E-state index contributed by atoms with van der Waals surface area (Å²) in [6, 6.07) is 0. The van der Waals surface area contributed by atoms with Crippen LogP contribution in [-0.2, 0) is 9.53 Å². The van der Waals surface area contributed by atoms with E-state index in [1.807, 2.05) is 18.2 Å². The van der Waals surface area contributed by atoms with Crippen molar-refractivity contribution in [1.82, 2.24) is 4.90 Å². The first-order chi connectivity index (χ1) is 8.39. The normalized spacial score (nSPS) is 31.2. The highest BCUT2D eigenvalue weighted by molar-refractivity contribution is 6.78. The third-order valence-electron chi connectivity index (χ3n) is 4.51. The van der Waals surface area contributed by atoms with Gasteiger partial charge in [-0.05, 0) is 23.1 Å². The number of rotatable bonds is 1. The molecule has 0 N–H and O–H groups in total. The lowest BCUT2D eigenvalue weighted by atomic mass is 9.82. The number of carbonyl (C=O) groups excluding carboxylic acids is 1. The molecule has 1 amide bonds. The Morgan fingerprint density at radius 2 is 2.11 bits per heavy atom. The Hall–Kier alpha value is -1.03. The molecule has 0 fully saturated rings. The lowest BCUT2D eigenvalue weighted by Gasteiger charge is -2.36. The predicted octanol–water partition coefficient (Wildman–Crippen LogP) is 2.40. The summed E-state index contributed by atoms with van der Waals surface area (Å²) >= 11 is 0. The zero-order valence-corrected chi connectivity index (χ0v) is 12.6. The fourth-order valence-corrected chi connectivity index (χ4v) is 5.63. The Morgan fingerprint density at radius 1 is 1.39 bits per heavy atom. The van der Waals surface area contributed by atoms with Crippen molar-refractivity contribution in [2.75, 3.05) is 20.2 Å². The first kappa shape index (κ1) is 12.0. The number of carbonyl (C=O) groups is 1. The minimum Gasteiger partial charge on any atom is -0.500 e. The summed E-state index contributed by atoms with van der Waals surface area (Å²) in [5.41, 5.74) is 4.19. The number of fused-ring (bicyclic) bond motifs is 2. The van der Waals surface area contributed by atoms with Gasteiger partial charge in [-0.15, -0.1) is 0 Å². The summed E-state index contributed by atoms with van der Waals surface area (Å²) in [6.07, 6.45) is 3.01. The van der Waals surface area contributed by atoms with E-state index in [4.69, 9.17) is 4.74 Å². The van der Waals surface area contributed by atoms with Gasteiger partial charge in [0.2, 0.25) is 5.91 Å². The average Bonchev–Trinajstić information content (AvgIpc) is 2.83. The molecular weight excluding hydrogens is 242 g/mol. The highest BCUT2D eigenvalue weighted by atomic mass is 28.3. The van der Waals surface area contributed by atoms with E-state index in [1.54, 1.807) is 0 Å². The third-order valence-corrected chi connectivity index (χ3v) is 7.12. The summed E-state index contributed by atoms with van der Waals surface area (Å²) in [7, 11) is 0.548. The number of amides is 1. The van der Waals surface area contributed by atoms with Gasteiger partial charge in [0.1, 0.15) is 0 Å². The van der Waals surface area contributed by atoms with Gasteiger partial charge >= 0.3 is 0 Å². The maximum atomic E-state index is 12.4. The molecule has 4 heteroatoms. The molecule has 0 saturated carbocycles. The van der Waals surface area contributed by atoms with E-state index in [0.717, 1.165) is 25.1 Å². The van der Waals surface area contributed by atoms with E-state index in [2.05, 4.69) is 19.6 Å². The topological polar surface area (TPSA) is 29.5 Å². The molecule has 2 atom stereocenters. The number of hydrogen-bond donors (Lipinski definition) is 0. The van der Waals surface area contributed by atoms with Crippen molar-refractivity contribution < 1.29 is 9.53 Å². The zero-order valence-electron chi connectivity index (χ0n) is 11.6. The molecule has 2 heterocycles. The molecule has 0 aromatic rings. The third kappa shape index (κ3) is 1.58. The van der Waals surface area contributed by atoms with Crippen LogP contribution >= 0.6 is 0 Å². The van der Waals surface area contributed by atoms with Gasteiger partial charge in [-0.3, -0.25) is 4.79 Å². The van der Waals surface area contributed by atoms with Crippen molar-refractivity contribution in [1.29, 1.82) is 0 Å². The van der Waals surface area contributed by atoms with Crippen molar-refractivity contribution >= 4 is 14.0 Å². The Kier molecular flexibility index (Phi) is 2.49. The molecule has 0 saturated heterocycles. The van der Waals surface area contributed by atoms with Crippen LogP contribution in [0, 0.1) is 5.92 Å². The Bertz CT molecular complexity index is 473. The molecule has 0 radical (unpaired) electrons. The van der Waals surface area contributed by atoms with E-state index < -0.39 is 8.07 Å². The van der Waals surface area contributed by atoms with Crippen molar-refractivity contribution in [2.24, 2.45) is 5.92 Å². The van der Waals surface area contributed by atoms with E-state index in [9.17, 15) is 4.79 Å². The van der Waals surface area contributed by atoms with E-state index in [0.29, 0.717) is 11.5 Å². The Balaban J connectivity index is 2.10. The molecule has 1 aliphatic carbocycles. The molecule has 2 aliphatic heterocycles. The van der Waals surface area contributed by atoms with Crippen molar-refractivity contribution in [3.8, 4) is 0 Å². The van der Waals surface area contributed by atoms with Crippen molar-refractivity contribution in [2.45, 2.75) is 31.6 Å². The fourth-order valence-electron chi connectivity index (χ4n) is 3.48. The summed E-state index contributed by atoms with van der Waals surface area (Å²) in [6.45, 7) is 8.71. The van der Waals surface area contributed by atoms with E-state index in [-0.39, 0.29) is 5.91 Å².